The summed E-state index contributed by atoms with van der Waals surface area (Å²) in [6, 6.07) is -1.66. The molecular weight excluding hydrogens is 285 g/mol. The molecular formula is C9H15F3N4O4. The lowest BCUT2D eigenvalue weighted by Crippen LogP contribution is -2.45. The molecule has 0 saturated heterocycles. The molecule has 0 aromatic rings. The second-order valence-corrected chi connectivity index (χ2v) is 3.80. The third kappa shape index (κ3) is 8.83. The Labute approximate surface area is 112 Å². The molecule has 0 fully saturated rings. The number of alkyl halides is 3. The Balaban J connectivity index is 3.70. The lowest BCUT2D eigenvalue weighted by Gasteiger charge is -2.11. The van der Waals surface area contributed by atoms with E-state index in [1.165, 1.54) is 5.48 Å². The second kappa shape index (κ2) is 8.07. The predicted molar refractivity (Wildman–Crippen MR) is 60.4 cm³/mol. The first-order valence-corrected chi connectivity index (χ1v) is 5.49. The number of nitrogens with one attached hydrogen (secondary N) is 4. The van der Waals surface area contributed by atoms with Crippen molar-refractivity contribution in [2.45, 2.75) is 26.1 Å². The minimum atomic E-state index is -5.19. The molecule has 4 amide bonds. The van der Waals surface area contributed by atoms with E-state index < -0.39 is 24.2 Å². The van der Waals surface area contributed by atoms with Crippen molar-refractivity contribution in [3.8, 4) is 0 Å². The molecule has 0 rings (SSSR count). The Kier molecular flexibility index (Phi) is 7.18. The molecule has 0 unspecified atom stereocenters. The fourth-order valence-corrected chi connectivity index (χ4v) is 0.852. The van der Waals surface area contributed by atoms with Gasteiger partial charge in [-0.2, -0.15) is 18.7 Å². The first-order chi connectivity index (χ1) is 9.12. The van der Waals surface area contributed by atoms with Crippen LogP contribution in [0.1, 0.15) is 13.8 Å². The van der Waals surface area contributed by atoms with Crippen molar-refractivity contribution in [1.82, 2.24) is 21.4 Å². The Hall–Kier alpha value is -2.20. The van der Waals surface area contributed by atoms with Crippen LogP contribution in [0.15, 0.2) is 0 Å². The zero-order valence-corrected chi connectivity index (χ0v) is 10.8. The van der Waals surface area contributed by atoms with E-state index in [9.17, 15) is 27.6 Å². The quantitative estimate of drug-likeness (QED) is 0.433. The van der Waals surface area contributed by atoms with Crippen molar-refractivity contribution < 1.29 is 32.4 Å². The van der Waals surface area contributed by atoms with Gasteiger partial charge in [0.25, 0.3) is 0 Å². The van der Waals surface area contributed by atoms with Gasteiger partial charge in [-0.15, -0.1) is 0 Å². The zero-order chi connectivity index (χ0) is 15.8. The largest absolute Gasteiger partial charge is 0.493 e. The highest BCUT2D eigenvalue weighted by Crippen LogP contribution is 2.15. The number of amides is 4. The zero-order valence-electron chi connectivity index (χ0n) is 10.8. The smallest absolute Gasteiger partial charge is 0.336 e. The third-order valence-electron chi connectivity index (χ3n) is 1.58. The van der Waals surface area contributed by atoms with E-state index in [1.807, 2.05) is 0 Å². The van der Waals surface area contributed by atoms with E-state index in [2.05, 4.69) is 20.8 Å². The van der Waals surface area contributed by atoms with Gasteiger partial charge in [0.15, 0.2) is 0 Å². The van der Waals surface area contributed by atoms with Crippen molar-refractivity contribution in [1.29, 1.82) is 0 Å². The van der Waals surface area contributed by atoms with Crippen LogP contribution < -0.4 is 21.4 Å². The summed E-state index contributed by atoms with van der Waals surface area (Å²) >= 11 is 0. The average Bonchev–Trinajstić information content (AvgIpc) is 2.29. The maximum absolute atomic E-state index is 11.7. The van der Waals surface area contributed by atoms with Gasteiger partial charge in [0.05, 0.1) is 0 Å². The number of hydrogen-bond donors (Lipinski definition) is 4. The highest BCUT2D eigenvalue weighted by Gasteiger charge is 2.41. The molecule has 0 heterocycles. The van der Waals surface area contributed by atoms with Crippen molar-refractivity contribution in [3.05, 3.63) is 0 Å². The van der Waals surface area contributed by atoms with Crippen molar-refractivity contribution >= 4 is 18.0 Å². The molecule has 116 valence electrons. The van der Waals surface area contributed by atoms with Crippen molar-refractivity contribution in [2.75, 3.05) is 13.1 Å². The fourth-order valence-electron chi connectivity index (χ4n) is 0.852. The summed E-state index contributed by atoms with van der Waals surface area (Å²) in [4.78, 5) is 35.7. The number of halogens is 3. The lowest BCUT2D eigenvalue weighted by atomic mass is 10.4. The molecule has 8 nitrogen and oxygen atoms in total. The molecule has 0 aromatic carbocycles. The lowest BCUT2D eigenvalue weighted by molar-refractivity contribution is -0.204. The highest BCUT2D eigenvalue weighted by atomic mass is 19.4. The number of hydrogen-bond acceptors (Lipinski definition) is 4. The van der Waals surface area contributed by atoms with Gasteiger partial charge < -0.3 is 20.8 Å². The maximum atomic E-state index is 11.7. The van der Waals surface area contributed by atoms with Crippen molar-refractivity contribution in [3.63, 3.8) is 0 Å². The van der Waals surface area contributed by atoms with Gasteiger partial charge in [-0.05, 0) is 13.8 Å². The standard InChI is InChI=1S/C9H15F3N4O4/c1-5(2)15-7(18)13-3-4-14-8(19)16-20-6(17)9(10,11)12/h5H,3-4H2,1-2H3,(H2,13,15,18)(H2,14,16,19). The van der Waals surface area contributed by atoms with E-state index in [0.29, 0.717) is 0 Å². The van der Waals surface area contributed by atoms with Crippen LogP contribution in [0.3, 0.4) is 0 Å². The molecule has 0 aliphatic carbocycles. The summed E-state index contributed by atoms with van der Waals surface area (Å²) in [7, 11) is 0. The molecule has 0 saturated carbocycles. The van der Waals surface area contributed by atoms with Crippen LogP contribution in [0.4, 0.5) is 22.8 Å². The highest BCUT2D eigenvalue weighted by molar-refractivity contribution is 5.79. The van der Waals surface area contributed by atoms with Crippen LogP contribution in [0.5, 0.6) is 0 Å². The topological polar surface area (TPSA) is 109 Å². The molecule has 0 atom stereocenters. The van der Waals surface area contributed by atoms with Gasteiger partial charge in [-0.3, -0.25) is 0 Å². The molecule has 0 bridgehead atoms. The van der Waals surface area contributed by atoms with Crippen LogP contribution in [-0.4, -0.2) is 43.3 Å². The fraction of sp³-hybridized carbons (Fsp3) is 0.667. The number of hydroxylamine groups is 1. The Morgan fingerprint density at radius 3 is 2.00 bits per heavy atom. The maximum Gasteiger partial charge on any atom is 0.493 e. The number of rotatable bonds is 4. The Morgan fingerprint density at radius 1 is 1.05 bits per heavy atom. The first-order valence-electron chi connectivity index (χ1n) is 5.49. The van der Waals surface area contributed by atoms with E-state index in [0.717, 1.165) is 0 Å². The molecule has 0 aliphatic rings. The Bertz CT molecular complexity index is 360. The Morgan fingerprint density at radius 2 is 1.55 bits per heavy atom. The normalized spacial score (nSPS) is 10.7. The summed E-state index contributed by atoms with van der Waals surface area (Å²) in [6.45, 7) is 3.47. The van der Waals surface area contributed by atoms with Crippen LogP contribution in [0.25, 0.3) is 0 Å². The summed E-state index contributed by atoms with van der Waals surface area (Å²) < 4.78 is 35.1. The minimum absolute atomic E-state index is 0.0409. The summed E-state index contributed by atoms with van der Waals surface area (Å²) in [5.74, 6) is -2.54. The summed E-state index contributed by atoms with van der Waals surface area (Å²) in [5.41, 5.74) is 1.26. The third-order valence-corrected chi connectivity index (χ3v) is 1.58. The molecule has 20 heavy (non-hydrogen) atoms. The SMILES string of the molecule is CC(C)NC(=O)NCCNC(=O)NOC(=O)C(F)(F)F. The van der Waals surface area contributed by atoms with Gasteiger partial charge >= 0.3 is 24.2 Å². The van der Waals surface area contributed by atoms with Gasteiger partial charge in [-0.1, -0.05) is 0 Å². The predicted octanol–water partition coefficient (Wildman–Crippen LogP) is 0.0137. The molecule has 11 heteroatoms. The van der Waals surface area contributed by atoms with Crippen LogP contribution in [-0.2, 0) is 9.63 Å². The molecule has 0 radical (unpaired) electrons. The van der Waals surface area contributed by atoms with E-state index >= 15 is 0 Å². The number of carbonyl (C=O) groups excluding carboxylic acids is 3. The van der Waals surface area contributed by atoms with Crippen LogP contribution >= 0.6 is 0 Å². The van der Waals surface area contributed by atoms with Gasteiger partial charge in [0, 0.05) is 19.1 Å². The molecule has 0 spiro atoms. The van der Waals surface area contributed by atoms with E-state index in [-0.39, 0.29) is 19.1 Å². The van der Waals surface area contributed by atoms with Gasteiger partial charge in [-0.25, -0.2) is 14.4 Å². The van der Waals surface area contributed by atoms with Gasteiger partial charge in [0.1, 0.15) is 0 Å². The molecule has 4 N–H and O–H groups in total. The number of urea groups is 2. The monoisotopic (exact) mass is 300 g/mol. The van der Waals surface area contributed by atoms with E-state index in [4.69, 9.17) is 0 Å². The number of carbonyl (C=O) groups is 3. The van der Waals surface area contributed by atoms with E-state index in [1.54, 1.807) is 13.8 Å². The average molecular weight is 300 g/mol. The van der Waals surface area contributed by atoms with Crippen molar-refractivity contribution in [2.24, 2.45) is 0 Å². The molecule has 0 aliphatic heterocycles. The summed E-state index contributed by atoms with van der Waals surface area (Å²) in [6.07, 6.45) is -5.19. The van der Waals surface area contributed by atoms with Gasteiger partial charge in [0.2, 0.25) is 0 Å². The van der Waals surface area contributed by atoms with Crippen LogP contribution in [0, 0.1) is 0 Å². The van der Waals surface area contributed by atoms with Crippen LogP contribution in [0.2, 0.25) is 0 Å². The first kappa shape index (κ1) is 17.8. The summed E-state index contributed by atoms with van der Waals surface area (Å²) in [5, 5.41) is 6.95. The minimum Gasteiger partial charge on any atom is -0.336 e. The molecule has 0 aromatic heterocycles. The second-order valence-electron chi connectivity index (χ2n) is 3.80.